The average Bonchev–Trinajstić information content (AvgIpc) is 2.48. The highest BCUT2D eigenvalue weighted by Crippen LogP contribution is 2.26. The Hall–Kier alpha value is -0.505. The summed E-state index contributed by atoms with van der Waals surface area (Å²) in [6, 6.07) is 2.20. The van der Waals surface area contributed by atoms with Gasteiger partial charge < -0.3 is 9.83 Å². The summed E-state index contributed by atoms with van der Waals surface area (Å²) in [5.74, 6) is -2.13. The molecule has 0 aliphatic carbocycles. The van der Waals surface area contributed by atoms with E-state index in [1.165, 1.54) is 0 Å². The molecule has 9 heteroatoms. The van der Waals surface area contributed by atoms with Gasteiger partial charge in [0.05, 0.1) is 15.5 Å². The Balaban J connectivity index is 2.19. The maximum Gasteiger partial charge on any atom is 0.376 e. The number of piperidine rings is 1. The number of hydrogen-bond acceptors (Lipinski definition) is 4. The van der Waals surface area contributed by atoms with Crippen molar-refractivity contribution in [2.45, 2.75) is 30.7 Å². The lowest BCUT2D eigenvalue weighted by molar-refractivity contribution is 0.311. The minimum Gasteiger partial charge on any atom is -0.437 e. The lowest BCUT2D eigenvalue weighted by Crippen LogP contribution is -2.48. The molecule has 1 unspecified atom stereocenters. The van der Waals surface area contributed by atoms with Gasteiger partial charge in [0.25, 0.3) is 0 Å². The van der Waals surface area contributed by atoms with Crippen molar-refractivity contribution in [2.24, 2.45) is 0 Å². The van der Waals surface area contributed by atoms with Crippen LogP contribution in [-0.2, 0) is 15.6 Å². The fourth-order valence-electron chi connectivity index (χ4n) is 2.61. The molecule has 1 heterocycles. The number of rotatable bonds is 4. The highest BCUT2D eigenvalue weighted by molar-refractivity contribution is 9.10. The molecule has 0 amide bonds. The number of sulfone groups is 1. The quantitative estimate of drug-likeness (QED) is 0.627. The first-order valence-corrected chi connectivity index (χ1v) is 9.49. The summed E-state index contributed by atoms with van der Waals surface area (Å²) in [6.07, 6.45) is 1.14. The van der Waals surface area contributed by atoms with Crippen LogP contribution < -0.4 is 0 Å². The zero-order valence-corrected chi connectivity index (χ0v) is 14.5. The van der Waals surface area contributed by atoms with Gasteiger partial charge in [-0.05, 0) is 48.2 Å². The minimum absolute atomic E-state index is 0.0533. The third-order valence-corrected chi connectivity index (χ3v) is 6.76. The zero-order valence-electron chi connectivity index (χ0n) is 12.1. The predicted molar refractivity (Wildman–Crippen MR) is 85.1 cm³/mol. The van der Waals surface area contributed by atoms with Crippen molar-refractivity contribution >= 4 is 32.8 Å². The van der Waals surface area contributed by atoms with Crippen molar-refractivity contribution in [3.8, 4) is 0 Å². The van der Waals surface area contributed by atoms with Gasteiger partial charge in [-0.25, -0.2) is 17.2 Å². The van der Waals surface area contributed by atoms with Crippen LogP contribution in [-0.4, -0.2) is 43.6 Å². The first kappa shape index (κ1) is 17.8. The van der Waals surface area contributed by atoms with Crippen molar-refractivity contribution in [1.82, 2.24) is 4.81 Å². The van der Waals surface area contributed by atoms with Gasteiger partial charge in [0.1, 0.15) is 11.6 Å². The molecule has 1 aromatic rings. The van der Waals surface area contributed by atoms with E-state index in [0.29, 0.717) is 19.4 Å². The van der Waals surface area contributed by atoms with Gasteiger partial charge in [-0.2, -0.15) is 0 Å². The molecule has 0 saturated carbocycles. The molecule has 4 nitrogen and oxygen atoms in total. The summed E-state index contributed by atoms with van der Waals surface area (Å²) >= 11 is 2.78. The first-order chi connectivity index (χ1) is 10.2. The second-order valence-electron chi connectivity index (χ2n) is 5.53. The van der Waals surface area contributed by atoms with E-state index >= 15 is 0 Å². The minimum atomic E-state index is -3.59. The number of benzene rings is 1. The normalized spacial score (nSPS) is 20.1. The summed E-state index contributed by atoms with van der Waals surface area (Å²) < 4.78 is 51.8. The second kappa shape index (κ2) is 6.94. The van der Waals surface area contributed by atoms with Gasteiger partial charge >= 0.3 is 7.05 Å². The van der Waals surface area contributed by atoms with Crippen LogP contribution in [0.25, 0.3) is 0 Å². The van der Waals surface area contributed by atoms with Crippen LogP contribution in [0.5, 0.6) is 0 Å². The predicted octanol–water partition coefficient (Wildman–Crippen LogP) is 2.22. The van der Waals surface area contributed by atoms with Crippen molar-refractivity contribution in [1.29, 1.82) is 0 Å². The molecule has 0 spiro atoms. The Morgan fingerprint density at radius 2 is 2.14 bits per heavy atom. The molecule has 0 radical (unpaired) electrons. The molecule has 2 rings (SSSR count). The number of hydrogen-bond donors (Lipinski definition) is 1. The molecule has 122 valence electrons. The van der Waals surface area contributed by atoms with Gasteiger partial charge in [-0.1, -0.05) is 6.07 Å². The third-order valence-electron chi connectivity index (χ3n) is 3.92. The van der Waals surface area contributed by atoms with E-state index < -0.39 is 39.5 Å². The molecule has 1 aliphatic rings. The number of nitrogens with zero attached hydrogens (tertiary/aromatic N) is 1. The highest BCUT2D eigenvalue weighted by Gasteiger charge is 2.33. The Bertz CT molecular complexity index is 657. The lowest BCUT2D eigenvalue weighted by atomic mass is 9.83. The van der Waals surface area contributed by atoms with Crippen molar-refractivity contribution in [2.75, 3.05) is 13.1 Å². The molecule has 1 atom stereocenters. The van der Waals surface area contributed by atoms with Gasteiger partial charge in [0.2, 0.25) is 0 Å². The SMILES string of the molecule is CB(O)N1CCCC(S(=O)(=O)Cc2ccc(F)c(Br)c2F)C1. The molecule has 0 bridgehead atoms. The Labute approximate surface area is 137 Å². The van der Waals surface area contributed by atoms with Crippen LogP contribution in [0.4, 0.5) is 8.78 Å². The fraction of sp³-hybridized carbons (Fsp3) is 0.538. The zero-order chi connectivity index (χ0) is 16.5. The smallest absolute Gasteiger partial charge is 0.376 e. The van der Waals surface area contributed by atoms with Crippen molar-refractivity contribution in [3.63, 3.8) is 0 Å². The van der Waals surface area contributed by atoms with Crippen LogP contribution in [0, 0.1) is 11.6 Å². The Kier molecular flexibility index (Phi) is 5.63. The summed E-state index contributed by atoms with van der Waals surface area (Å²) in [5, 5.41) is 8.93. The molecular formula is C13H17BBrF2NO3S. The Morgan fingerprint density at radius 1 is 1.45 bits per heavy atom. The summed E-state index contributed by atoms with van der Waals surface area (Å²) in [4.78, 5) is 1.68. The van der Waals surface area contributed by atoms with E-state index in [1.54, 1.807) is 11.6 Å². The standard InChI is InChI=1S/C13H17BBrF2NO3S/c1-14(19)18-6-2-3-10(7-18)22(20,21)8-9-4-5-11(16)12(15)13(9)17/h4-5,10,19H,2-3,6-8H2,1H3. The van der Waals surface area contributed by atoms with Crippen LogP contribution in [0.1, 0.15) is 18.4 Å². The maximum atomic E-state index is 14.0. The van der Waals surface area contributed by atoms with Gasteiger partial charge in [0.15, 0.2) is 9.84 Å². The van der Waals surface area contributed by atoms with E-state index in [9.17, 15) is 22.2 Å². The van der Waals surface area contributed by atoms with Crippen LogP contribution >= 0.6 is 15.9 Å². The summed E-state index contributed by atoms with van der Waals surface area (Å²) in [5.41, 5.74) is -0.0533. The first-order valence-electron chi connectivity index (χ1n) is 6.98. The maximum absolute atomic E-state index is 14.0. The molecule has 1 N–H and O–H groups in total. The molecular weight excluding hydrogens is 379 g/mol. The largest absolute Gasteiger partial charge is 0.437 e. The number of halogens is 3. The van der Waals surface area contributed by atoms with E-state index in [-0.39, 0.29) is 16.6 Å². The molecule has 1 fully saturated rings. The molecule has 0 aromatic heterocycles. The van der Waals surface area contributed by atoms with E-state index in [1.807, 2.05) is 0 Å². The van der Waals surface area contributed by atoms with E-state index in [2.05, 4.69) is 15.9 Å². The lowest BCUT2D eigenvalue weighted by Gasteiger charge is -2.33. The molecule has 1 aromatic carbocycles. The van der Waals surface area contributed by atoms with Crippen LogP contribution in [0.15, 0.2) is 16.6 Å². The van der Waals surface area contributed by atoms with Crippen molar-refractivity contribution < 1.29 is 22.2 Å². The van der Waals surface area contributed by atoms with Crippen LogP contribution in [0.2, 0.25) is 6.82 Å². The summed E-state index contributed by atoms with van der Waals surface area (Å²) in [6.45, 7) is 2.45. The van der Waals surface area contributed by atoms with Crippen LogP contribution in [0.3, 0.4) is 0 Å². The third kappa shape index (κ3) is 3.87. The Morgan fingerprint density at radius 3 is 2.77 bits per heavy atom. The summed E-state index contributed by atoms with van der Waals surface area (Å²) in [7, 11) is -4.30. The molecule has 22 heavy (non-hydrogen) atoms. The van der Waals surface area contributed by atoms with Gasteiger partial charge in [-0.3, -0.25) is 0 Å². The topological polar surface area (TPSA) is 57.6 Å². The molecule has 1 saturated heterocycles. The van der Waals surface area contributed by atoms with Gasteiger partial charge in [-0.15, -0.1) is 0 Å². The van der Waals surface area contributed by atoms with E-state index in [4.69, 9.17) is 0 Å². The van der Waals surface area contributed by atoms with Gasteiger partial charge in [0, 0.05) is 12.1 Å². The van der Waals surface area contributed by atoms with Crippen molar-refractivity contribution in [3.05, 3.63) is 33.8 Å². The molecule has 1 aliphatic heterocycles. The highest BCUT2D eigenvalue weighted by atomic mass is 79.9. The average molecular weight is 396 g/mol. The monoisotopic (exact) mass is 395 g/mol. The second-order valence-corrected chi connectivity index (χ2v) is 8.61. The fourth-order valence-corrected chi connectivity index (χ4v) is 4.83. The van der Waals surface area contributed by atoms with E-state index in [0.717, 1.165) is 12.1 Å².